The standard InChI is InChI=1S/C28H26F2N4O6S/c1-15-31-18(14-41-15)25-32-26(35)22(28(37)34(25)24-20(38-2)8-5-9-21(24)39-3)27(36)33-12-10-16(11-13-33)40-19-7-4-6-17(29)23(19)30/h4-9,14,16,35H,10-13H2,1-3H3. The van der Waals surface area contributed by atoms with Crippen LogP contribution in [0.25, 0.3) is 17.2 Å². The molecule has 0 spiro atoms. The van der Waals surface area contributed by atoms with Crippen LogP contribution in [0.5, 0.6) is 23.1 Å². The second-order valence-corrected chi connectivity index (χ2v) is 10.3. The van der Waals surface area contributed by atoms with E-state index in [1.807, 2.05) is 0 Å². The van der Waals surface area contributed by atoms with Gasteiger partial charge in [-0.3, -0.25) is 14.2 Å². The molecule has 0 unspecified atom stereocenters. The van der Waals surface area contributed by atoms with Crippen LogP contribution in [0.1, 0.15) is 28.2 Å². The number of hydrogen-bond acceptors (Lipinski definition) is 9. The Labute approximate surface area is 237 Å². The number of para-hydroxylation sites is 1. The number of carbonyl (C=O) groups excluding carboxylic acids is 1. The summed E-state index contributed by atoms with van der Waals surface area (Å²) in [6.07, 6.45) is 0.105. The predicted octanol–water partition coefficient (Wildman–Crippen LogP) is 4.35. The monoisotopic (exact) mass is 584 g/mol. The Bertz CT molecular complexity index is 1640. The van der Waals surface area contributed by atoms with Crippen molar-refractivity contribution >= 4 is 17.2 Å². The molecular formula is C28H26F2N4O6S. The molecule has 0 bridgehead atoms. The van der Waals surface area contributed by atoms with Gasteiger partial charge in [-0.1, -0.05) is 12.1 Å². The molecule has 2 aromatic heterocycles. The van der Waals surface area contributed by atoms with Crippen LogP contribution in [0.2, 0.25) is 0 Å². The molecule has 1 fully saturated rings. The van der Waals surface area contributed by atoms with Crippen molar-refractivity contribution in [3.63, 3.8) is 0 Å². The summed E-state index contributed by atoms with van der Waals surface area (Å²) in [6, 6.07) is 8.61. The summed E-state index contributed by atoms with van der Waals surface area (Å²) in [5.41, 5.74) is -0.876. The molecule has 1 aliphatic rings. The van der Waals surface area contributed by atoms with Gasteiger partial charge in [-0.25, -0.2) is 9.37 Å². The molecule has 0 saturated carbocycles. The minimum atomic E-state index is -1.08. The molecule has 0 aliphatic carbocycles. The molecule has 1 aliphatic heterocycles. The molecule has 3 heterocycles. The summed E-state index contributed by atoms with van der Waals surface area (Å²) in [5, 5.41) is 13.3. The van der Waals surface area contributed by atoms with Crippen molar-refractivity contribution < 1.29 is 32.9 Å². The van der Waals surface area contributed by atoms with E-state index in [0.717, 1.165) is 10.6 Å². The molecule has 4 aromatic rings. The van der Waals surface area contributed by atoms with Gasteiger partial charge in [-0.2, -0.15) is 9.37 Å². The molecule has 1 saturated heterocycles. The minimum absolute atomic E-state index is 0.000396. The van der Waals surface area contributed by atoms with Gasteiger partial charge in [0.15, 0.2) is 23.0 Å². The molecule has 0 radical (unpaired) electrons. The van der Waals surface area contributed by atoms with Gasteiger partial charge >= 0.3 is 0 Å². The number of aryl methyl sites for hydroxylation is 1. The lowest BCUT2D eigenvalue weighted by atomic mass is 10.1. The first-order valence-corrected chi connectivity index (χ1v) is 13.5. The molecule has 214 valence electrons. The molecular weight excluding hydrogens is 558 g/mol. The number of thiazole rings is 1. The molecule has 1 N–H and O–H groups in total. The maximum absolute atomic E-state index is 14.1. The third kappa shape index (κ3) is 5.32. The van der Waals surface area contributed by atoms with E-state index in [2.05, 4.69) is 9.97 Å². The number of piperidine rings is 1. The zero-order chi connectivity index (χ0) is 29.3. The van der Waals surface area contributed by atoms with Crippen LogP contribution in [0, 0.1) is 18.6 Å². The molecule has 1 amide bonds. The number of rotatable bonds is 7. The SMILES string of the molecule is COc1cccc(OC)c1-n1c(-c2csc(C)n2)nc(O)c(C(=O)N2CCC(Oc3cccc(F)c3F)CC2)c1=O. The van der Waals surface area contributed by atoms with Crippen molar-refractivity contribution in [1.29, 1.82) is 0 Å². The zero-order valence-corrected chi connectivity index (χ0v) is 23.2. The largest absolute Gasteiger partial charge is 0.494 e. The lowest BCUT2D eigenvalue weighted by molar-refractivity contribution is 0.0582. The summed E-state index contributed by atoms with van der Waals surface area (Å²) in [7, 11) is 2.86. The number of amides is 1. The van der Waals surface area contributed by atoms with E-state index in [4.69, 9.17) is 14.2 Å². The molecule has 41 heavy (non-hydrogen) atoms. The van der Waals surface area contributed by atoms with Crippen molar-refractivity contribution in [3.05, 3.63) is 74.3 Å². The highest BCUT2D eigenvalue weighted by atomic mass is 32.1. The molecule has 2 aromatic carbocycles. The number of aromatic hydroxyl groups is 1. The number of nitrogens with zero attached hydrogens (tertiary/aromatic N) is 4. The normalized spacial score (nSPS) is 13.7. The lowest BCUT2D eigenvalue weighted by Crippen LogP contribution is -2.44. The van der Waals surface area contributed by atoms with Gasteiger partial charge < -0.3 is 24.2 Å². The predicted molar refractivity (Wildman–Crippen MR) is 146 cm³/mol. The first kappa shape index (κ1) is 28.0. The van der Waals surface area contributed by atoms with E-state index in [1.165, 1.54) is 42.6 Å². The van der Waals surface area contributed by atoms with Crippen molar-refractivity contribution in [2.75, 3.05) is 27.3 Å². The number of likely N-dealkylation sites (tertiary alicyclic amines) is 1. The van der Waals surface area contributed by atoms with E-state index >= 15 is 0 Å². The first-order chi connectivity index (χ1) is 19.7. The van der Waals surface area contributed by atoms with Crippen LogP contribution >= 0.6 is 11.3 Å². The summed E-state index contributed by atoms with van der Waals surface area (Å²) in [6.45, 7) is 2.07. The fraction of sp³-hybridized carbons (Fsp3) is 0.286. The summed E-state index contributed by atoms with van der Waals surface area (Å²) in [4.78, 5) is 37.8. The van der Waals surface area contributed by atoms with Gasteiger partial charge in [0.1, 0.15) is 29.0 Å². The number of hydrogen-bond donors (Lipinski definition) is 1. The van der Waals surface area contributed by atoms with Gasteiger partial charge in [0, 0.05) is 31.3 Å². The summed E-state index contributed by atoms with van der Waals surface area (Å²) >= 11 is 1.33. The quantitative estimate of drug-likeness (QED) is 0.341. The third-order valence-electron chi connectivity index (χ3n) is 6.69. The Hall–Kier alpha value is -4.52. The maximum Gasteiger partial charge on any atom is 0.275 e. The van der Waals surface area contributed by atoms with E-state index in [1.54, 1.807) is 30.5 Å². The molecule has 10 nitrogen and oxygen atoms in total. The van der Waals surface area contributed by atoms with Crippen LogP contribution in [-0.4, -0.2) is 63.9 Å². The number of aromatic nitrogens is 3. The summed E-state index contributed by atoms with van der Waals surface area (Å²) < 4.78 is 45.4. The topological polar surface area (TPSA) is 116 Å². The number of carbonyl (C=O) groups is 1. The van der Waals surface area contributed by atoms with Gasteiger partial charge in [0.05, 0.1) is 19.2 Å². The number of halogens is 2. The smallest absolute Gasteiger partial charge is 0.275 e. The molecule has 5 rings (SSSR count). The van der Waals surface area contributed by atoms with E-state index < -0.39 is 40.6 Å². The van der Waals surface area contributed by atoms with Gasteiger partial charge in [-0.05, 0) is 31.2 Å². The minimum Gasteiger partial charge on any atom is -0.494 e. The molecule has 13 heteroatoms. The fourth-order valence-corrected chi connectivity index (χ4v) is 5.28. The van der Waals surface area contributed by atoms with E-state index in [-0.39, 0.29) is 41.8 Å². The fourth-order valence-electron chi connectivity index (χ4n) is 4.68. The van der Waals surface area contributed by atoms with Crippen LogP contribution in [-0.2, 0) is 0 Å². The van der Waals surface area contributed by atoms with Crippen molar-refractivity contribution in [1.82, 2.24) is 19.4 Å². The number of ether oxygens (including phenoxy) is 3. The van der Waals surface area contributed by atoms with Crippen LogP contribution in [0.15, 0.2) is 46.6 Å². The molecule has 0 atom stereocenters. The van der Waals surface area contributed by atoms with E-state index in [9.17, 15) is 23.5 Å². The Kier molecular flexibility index (Phi) is 7.88. The summed E-state index contributed by atoms with van der Waals surface area (Å²) in [5.74, 6) is -3.24. The Morgan fingerprint density at radius 1 is 1.02 bits per heavy atom. The van der Waals surface area contributed by atoms with E-state index in [0.29, 0.717) is 23.5 Å². The van der Waals surface area contributed by atoms with Crippen molar-refractivity contribution in [2.45, 2.75) is 25.9 Å². The van der Waals surface area contributed by atoms with Crippen molar-refractivity contribution in [3.8, 4) is 40.3 Å². The average molecular weight is 585 g/mol. The third-order valence-corrected chi connectivity index (χ3v) is 7.46. The van der Waals surface area contributed by atoms with Gasteiger partial charge in [0.25, 0.3) is 11.5 Å². The van der Waals surface area contributed by atoms with Gasteiger partial charge in [0.2, 0.25) is 11.7 Å². The van der Waals surface area contributed by atoms with Gasteiger partial charge in [-0.15, -0.1) is 11.3 Å². The maximum atomic E-state index is 14.1. The highest BCUT2D eigenvalue weighted by Crippen LogP contribution is 2.35. The second-order valence-electron chi connectivity index (χ2n) is 9.20. The number of methoxy groups -OCH3 is 2. The second kappa shape index (κ2) is 11.5. The Balaban J connectivity index is 1.51. The first-order valence-electron chi connectivity index (χ1n) is 12.6. The highest BCUT2D eigenvalue weighted by molar-refractivity contribution is 7.09. The van der Waals surface area contributed by atoms with Crippen LogP contribution in [0.3, 0.4) is 0 Å². The van der Waals surface area contributed by atoms with Crippen LogP contribution < -0.4 is 19.8 Å². The average Bonchev–Trinajstić information content (AvgIpc) is 3.41. The Morgan fingerprint density at radius 3 is 2.27 bits per heavy atom. The Morgan fingerprint density at radius 2 is 1.66 bits per heavy atom. The van der Waals surface area contributed by atoms with Crippen molar-refractivity contribution in [2.24, 2.45) is 0 Å². The number of benzene rings is 2. The van der Waals surface area contributed by atoms with Crippen LogP contribution in [0.4, 0.5) is 8.78 Å². The highest BCUT2D eigenvalue weighted by Gasteiger charge is 2.32. The lowest BCUT2D eigenvalue weighted by Gasteiger charge is -2.32. The zero-order valence-electron chi connectivity index (χ0n) is 22.4.